The highest BCUT2D eigenvalue weighted by Crippen LogP contribution is 2.34. The van der Waals surface area contributed by atoms with Crippen molar-refractivity contribution in [1.82, 2.24) is 4.98 Å². The van der Waals surface area contributed by atoms with Crippen LogP contribution >= 0.6 is 0 Å². The van der Waals surface area contributed by atoms with Gasteiger partial charge in [-0.15, -0.1) is 0 Å². The number of carbonyl (C=O) groups is 1. The summed E-state index contributed by atoms with van der Waals surface area (Å²) in [6.45, 7) is 1.04. The predicted octanol–water partition coefficient (Wildman–Crippen LogP) is 3.55. The Morgan fingerprint density at radius 2 is 2.09 bits per heavy atom. The first kappa shape index (κ1) is 15.6. The van der Waals surface area contributed by atoms with Gasteiger partial charge in [0.25, 0.3) is 0 Å². The van der Waals surface area contributed by atoms with Crippen LogP contribution in [-0.4, -0.2) is 29.1 Å². The van der Waals surface area contributed by atoms with Crippen molar-refractivity contribution in [2.75, 3.05) is 18.0 Å². The number of fused-ring (bicyclic) bond motifs is 1. The van der Waals surface area contributed by atoms with Crippen LogP contribution in [0.4, 0.5) is 18.9 Å². The molecule has 1 N–H and O–H groups in total. The molecule has 0 radical (unpaired) electrons. The fraction of sp³-hybridized carbons (Fsp3) is 0.375. The Morgan fingerprint density at radius 3 is 2.78 bits per heavy atom. The van der Waals surface area contributed by atoms with Gasteiger partial charge in [0.15, 0.2) is 0 Å². The van der Waals surface area contributed by atoms with Gasteiger partial charge in [0.2, 0.25) is 0 Å². The Kier molecular flexibility index (Phi) is 3.87. The van der Waals surface area contributed by atoms with Crippen LogP contribution in [0, 0.1) is 5.92 Å². The number of piperidine rings is 1. The zero-order valence-corrected chi connectivity index (χ0v) is 12.2. The van der Waals surface area contributed by atoms with Gasteiger partial charge >= 0.3 is 12.1 Å². The smallest absolute Gasteiger partial charge is 0.416 e. The van der Waals surface area contributed by atoms with Gasteiger partial charge in [0.1, 0.15) is 0 Å². The summed E-state index contributed by atoms with van der Waals surface area (Å²) in [6, 6.07) is 5.19. The van der Waals surface area contributed by atoms with E-state index >= 15 is 0 Å². The third-order valence-electron chi connectivity index (χ3n) is 4.16. The molecule has 0 bridgehead atoms. The molecule has 1 aliphatic heterocycles. The molecule has 1 saturated heterocycles. The minimum Gasteiger partial charge on any atom is -0.481 e. The van der Waals surface area contributed by atoms with E-state index in [1.54, 1.807) is 6.07 Å². The highest BCUT2D eigenvalue weighted by Gasteiger charge is 2.31. The van der Waals surface area contributed by atoms with E-state index in [0.717, 1.165) is 24.2 Å². The molecule has 1 fully saturated rings. The number of hydrogen-bond acceptors (Lipinski definition) is 3. The zero-order valence-electron chi connectivity index (χ0n) is 12.2. The summed E-state index contributed by atoms with van der Waals surface area (Å²) >= 11 is 0. The van der Waals surface area contributed by atoms with Crippen LogP contribution in [-0.2, 0) is 11.0 Å². The van der Waals surface area contributed by atoms with Crippen LogP contribution in [0.15, 0.2) is 30.5 Å². The molecule has 122 valence electrons. The van der Waals surface area contributed by atoms with E-state index in [1.807, 2.05) is 4.90 Å². The summed E-state index contributed by atoms with van der Waals surface area (Å²) in [5.74, 6) is -1.30. The number of nitrogens with zero attached hydrogens (tertiary/aromatic N) is 2. The van der Waals surface area contributed by atoms with Crippen molar-refractivity contribution in [2.45, 2.75) is 19.0 Å². The highest BCUT2D eigenvalue weighted by atomic mass is 19.4. The van der Waals surface area contributed by atoms with Gasteiger partial charge in [-0.1, -0.05) is 6.07 Å². The van der Waals surface area contributed by atoms with Crippen molar-refractivity contribution in [3.63, 3.8) is 0 Å². The highest BCUT2D eigenvalue weighted by molar-refractivity contribution is 5.92. The Balaban J connectivity index is 2.00. The van der Waals surface area contributed by atoms with Crippen LogP contribution in [0.25, 0.3) is 10.9 Å². The van der Waals surface area contributed by atoms with E-state index < -0.39 is 23.6 Å². The van der Waals surface area contributed by atoms with Gasteiger partial charge in [-0.3, -0.25) is 9.78 Å². The summed E-state index contributed by atoms with van der Waals surface area (Å²) < 4.78 is 38.4. The van der Waals surface area contributed by atoms with Crippen LogP contribution in [0.5, 0.6) is 0 Å². The molecule has 2 aromatic rings. The monoisotopic (exact) mass is 324 g/mol. The van der Waals surface area contributed by atoms with E-state index in [-0.39, 0.29) is 5.52 Å². The minimum absolute atomic E-state index is 0.259. The quantitative estimate of drug-likeness (QED) is 0.918. The number of pyridine rings is 1. The topological polar surface area (TPSA) is 53.4 Å². The van der Waals surface area contributed by atoms with E-state index in [1.165, 1.54) is 12.3 Å². The number of carboxylic acid groups (broad SMARTS) is 1. The van der Waals surface area contributed by atoms with Gasteiger partial charge in [-0.2, -0.15) is 13.2 Å². The number of aliphatic carboxylic acids is 1. The van der Waals surface area contributed by atoms with Crippen LogP contribution in [0.3, 0.4) is 0 Å². The van der Waals surface area contributed by atoms with Crippen LogP contribution in [0.2, 0.25) is 0 Å². The van der Waals surface area contributed by atoms with Gasteiger partial charge in [-0.05, 0) is 31.0 Å². The maximum absolute atomic E-state index is 12.8. The molecule has 7 heteroatoms. The Bertz CT molecular complexity index is 746. The maximum Gasteiger partial charge on any atom is 0.416 e. The van der Waals surface area contributed by atoms with E-state index in [2.05, 4.69) is 4.98 Å². The molecule has 0 amide bonds. The molecule has 1 aliphatic rings. The Morgan fingerprint density at radius 1 is 1.30 bits per heavy atom. The normalized spacial score (nSPS) is 19.1. The van der Waals surface area contributed by atoms with E-state index in [9.17, 15) is 23.1 Å². The lowest BCUT2D eigenvalue weighted by Gasteiger charge is -2.33. The molecule has 4 nitrogen and oxygen atoms in total. The first-order chi connectivity index (χ1) is 10.9. The Labute approximate surface area is 130 Å². The molecule has 1 atom stereocenters. The number of anilines is 1. The molecule has 0 spiro atoms. The lowest BCUT2D eigenvalue weighted by Crippen LogP contribution is -2.38. The van der Waals surface area contributed by atoms with E-state index in [4.69, 9.17) is 0 Å². The van der Waals surface area contributed by atoms with Crippen LogP contribution in [0.1, 0.15) is 18.4 Å². The largest absolute Gasteiger partial charge is 0.481 e. The van der Waals surface area contributed by atoms with Gasteiger partial charge in [-0.25, -0.2) is 0 Å². The average molecular weight is 324 g/mol. The summed E-state index contributed by atoms with van der Waals surface area (Å²) in [4.78, 5) is 17.1. The number of halogens is 3. The van der Waals surface area contributed by atoms with Gasteiger partial charge < -0.3 is 10.0 Å². The second-order valence-electron chi connectivity index (χ2n) is 5.68. The third-order valence-corrected chi connectivity index (χ3v) is 4.16. The van der Waals surface area contributed by atoms with Crippen molar-refractivity contribution in [3.05, 3.63) is 36.0 Å². The molecule has 0 aliphatic carbocycles. The molecular formula is C16H15F3N2O2. The minimum atomic E-state index is -4.41. The lowest BCUT2D eigenvalue weighted by atomic mass is 9.97. The molecule has 1 aromatic heterocycles. The molecule has 1 unspecified atom stereocenters. The number of rotatable bonds is 2. The maximum atomic E-state index is 12.8. The van der Waals surface area contributed by atoms with Crippen molar-refractivity contribution in [3.8, 4) is 0 Å². The standard InChI is InChI=1S/C16H15F3N2O2/c17-16(18,19)11-3-4-12-13(8-11)20-6-5-14(12)21-7-1-2-10(9-21)15(22)23/h3-6,8,10H,1-2,7,9H2,(H,22,23). The number of benzene rings is 1. The molecule has 1 aromatic carbocycles. The molecule has 2 heterocycles. The van der Waals surface area contributed by atoms with Crippen molar-refractivity contribution in [1.29, 1.82) is 0 Å². The lowest BCUT2D eigenvalue weighted by molar-refractivity contribution is -0.142. The summed E-state index contributed by atoms with van der Waals surface area (Å²) in [5, 5.41) is 9.78. The van der Waals surface area contributed by atoms with Crippen molar-refractivity contribution in [2.24, 2.45) is 5.92 Å². The second-order valence-corrected chi connectivity index (χ2v) is 5.68. The summed E-state index contributed by atoms with van der Waals surface area (Å²) in [6.07, 6.45) is -1.60. The first-order valence-corrected chi connectivity index (χ1v) is 7.30. The van der Waals surface area contributed by atoms with E-state index in [0.29, 0.717) is 24.9 Å². The fourth-order valence-corrected chi connectivity index (χ4v) is 2.98. The molecular weight excluding hydrogens is 309 g/mol. The summed E-state index contributed by atoms with van der Waals surface area (Å²) in [7, 11) is 0. The second kappa shape index (κ2) is 5.72. The molecule has 23 heavy (non-hydrogen) atoms. The number of carboxylic acids is 1. The molecule has 0 saturated carbocycles. The number of aromatic nitrogens is 1. The average Bonchev–Trinajstić information content (AvgIpc) is 2.53. The van der Waals surface area contributed by atoms with Crippen LogP contribution < -0.4 is 4.90 Å². The SMILES string of the molecule is O=C(O)C1CCCN(c2ccnc3cc(C(F)(F)F)ccc23)C1. The predicted molar refractivity (Wildman–Crippen MR) is 79.3 cm³/mol. The number of hydrogen-bond donors (Lipinski definition) is 1. The summed E-state index contributed by atoms with van der Waals surface area (Å²) in [5.41, 5.74) is 0.251. The zero-order chi connectivity index (χ0) is 16.6. The first-order valence-electron chi connectivity index (χ1n) is 7.30. The fourth-order valence-electron chi connectivity index (χ4n) is 2.98. The third kappa shape index (κ3) is 3.09. The Hall–Kier alpha value is -2.31. The van der Waals surface area contributed by atoms with Crippen molar-refractivity contribution < 1.29 is 23.1 Å². The van der Waals surface area contributed by atoms with Crippen molar-refractivity contribution >= 4 is 22.6 Å². The molecule has 3 rings (SSSR count). The van der Waals surface area contributed by atoms with Gasteiger partial charge in [0, 0.05) is 30.4 Å². The number of alkyl halides is 3. The van der Waals surface area contributed by atoms with Gasteiger partial charge in [0.05, 0.1) is 17.0 Å².